The number of hydrogen-bond donors (Lipinski definition) is 1. The van der Waals surface area contributed by atoms with Gasteiger partial charge < -0.3 is 5.73 Å². The molecule has 1 aromatic rings. The molecule has 0 unspecified atom stereocenters. The van der Waals surface area contributed by atoms with Crippen molar-refractivity contribution in [3.8, 4) is 0 Å². The SMILES string of the molecule is Nc1c(F)cc(Br)cc1N1C(=O)CC[C@H]1C(F)(F)F. The molecule has 1 aliphatic rings. The summed E-state index contributed by atoms with van der Waals surface area (Å²) in [4.78, 5) is 12.2. The van der Waals surface area contributed by atoms with Crippen molar-refractivity contribution in [2.75, 3.05) is 10.6 Å². The maximum absolute atomic E-state index is 13.5. The molecule has 1 heterocycles. The van der Waals surface area contributed by atoms with E-state index in [1.165, 1.54) is 6.07 Å². The van der Waals surface area contributed by atoms with Crippen molar-refractivity contribution in [1.29, 1.82) is 0 Å². The first-order chi connectivity index (χ1) is 8.71. The number of benzene rings is 1. The van der Waals surface area contributed by atoms with Gasteiger partial charge in [0.1, 0.15) is 11.9 Å². The molecule has 2 rings (SSSR count). The Kier molecular flexibility index (Phi) is 3.46. The number of nitrogen functional groups attached to an aromatic ring is 1. The van der Waals surface area contributed by atoms with Crippen molar-refractivity contribution in [2.45, 2.75) is 25.1 Å². The summed E-state index contributed by atoms with van der Waals surface area (Å²) < 4.78 is 52.3. The molecule has 0 saturated carbocycles. The van der Waals surface area contributed by atoms with Crippen LogP contribution < -0.4 is 10.6 Å². The molecule has 104 valence electrons. The lowest BCUT2D eigenvalue weighted by Gasteiger charge is -2.28. The van der Waals surface area contributed by atoms with E-state index in [1.54, 1.807) is 0 Å². The largest absolute Gasteiger partial charge is 0.409 e. The van der Waals surface area contributed by atoms with Crippen LogP contribution in [0.4, 0.5) is 28.9 Å². The third-order valence-corrected chi connectivity index (χ3v) is 3.38. The van der Waals surface area contributed by atoms with Crippen LogP contribution in [0, 0.1) is 5.82 Å². The Bertz CT molecular complexity index is 532. The fourth-order valence-electron chi connectivity index (χ4n) is 2.07. The Balaban J connectivity index is 2.52. The molecular weight excluding hydrogens is 332 g/mol. The molecule has 1 saturated heterocycles. The smallest absolute Gasteiger partial charge is 0.395 e. The van der Waals surface area contributed by atoms with Crippen molar-refractivity contribution >= 4 is 33.2 Å². The zero-order chi connectivity index (χ0) is 14.4. The topological polar surface area (TPSA) is 46.3 Å². The molecule has 1 atom stereocenters. The van der Waals surface area contributed by atoms with Gasteiger partial charge in [-0.15, -0.1) is 0 Å². The average Bonchev–Trinajstić information content (AvgIpc) is 2.65. The number of carbonyl (C=O) groups excluding carboxylic acids is 1. The number of carbonyl (C=O) groups is 1. The highest BCUT2D eigenvalue weighted by atomic mass is 79.9. The summed E-state index contributed by atoms with van der Waals surface area (Å²) >= 11 is 2.97. The summed E-state index contributed by atoms with van der Waals surface area (Å²) in [5, 5.41) is 0. The molecule has 0 spiro atoms. The van der Waals surface area contributed by atoms with Gasteiger partial charge in [-0.3, -0.25) is 9.69 Å². The Morgan fingerprint density at radius 3 is 2.58 bits per heavy atom. The molecule has 0 aromatic heterocycles. The number of amides is 1. The van der Waals surface area contributed by atoms with Crippen LogP contribution in [-0.4, -0.2) is 18.1 Å². The van der Waals surface area contributed by atoms with Gasteiger partial charge in [0.15, 0.2) is 0 Å². The molecule has 0 aliphatic carbocycles. The number of rotatable bonds is 1. The van der Waals surface area contributed by atoms with Crippen molar-refractivity contribution in [3.63, 3.8) is 0 Å². The van der Waals surface area contributed by atoms with Gasteiger partial charge in [0.05, 0.1) is 11.4 Å². The van der Waals surface area contributed by atoms with E-state index in [4.69, 9.17) is 5.73 Å². The highest BCUT2D eigenvalue weighted by Gasteiger charge is 2.50. The summed E-state index contributed by atoms with van der Waals surface area (Å²) in [6.07, 6.45) is -5.16. The minimum absolute atomic E-state index is 0.217. The van der Waals surface area contributed by atoms with Crippen molar-refractivity contribution < 1.29 is 22.4 Å². The monoisotopic (exact) mass is 340 g/mol. The predicted molar refractivity (Wildman–Crippen MR) is 65.1 cm³/mol. The zero-order valence-electron chi connectivity index (χ0n) is 9.47. The standard InChI is InChI=1S/C11H9BrF4N2O/c12-5-3-6(13)10(17)7(4-5)18-8(11(14,15)16)1-2-9(18)19/h3-4,8H,1-2,17H2/t8-/m0/s1. The summed E-state index contributed by atoms with van der Waals surface area (Å²) in [6.45, 7) is 0. The van der Waals surface area contributed by atoms with Gasteiger partial charge in [-0.05, 0) is 18.6 Å². The molecular formula is C11H9BrF4N2O. The highest BCUT2D eigenvalue weighted by molar-refractivity contribution is 9.10. The number of nitrogens with zero attached hydrogens (tertiary/aromatic N) is 1. The Morgan fingerprint density at radius 1 is 1.37 bits per heavy atom. The van der Waals surface area contributed by atoms with Crippen LogP contribution in [-0.2, 0) is 4.79 Å². The molecule has 1 fully saturated rings. The third kappa shape index (κ3) is 2.54. The predicted octanol–water partition coefficient (Wildman–Crippen LogP) is 3.23. The minimum Gasteiger partial charge on any atom is -0.395 e. The second-order valence-electron chi connectivity index (χ2n) is 4.18. The fraction of sp³-hybridized carbons (Fsp3) is 0.364. The van der Waals surface area contributed by atoms with Gasteiger partial charge in [0.2, 0.25) is 5.91 Å². The lowest BCUT2D eigenvalue weighted by atomic mass is 10.2. The normalized spacial score (nSPS) is 20.2. The summed E-state index contributed by atoms with van der Waals surface area (Å²) in [5.41, 5.74) is 4.72. The van der Waals surface area contributed by atoms with E-state index in [9.17, 15) is 22.4 Å². The average molecular weight is 341 g/mol. The zero-order valence-corrected chi connectivity index (χ0v) is 11.1. The van der Waals surface area contributed by atoms with Crippen molar-refractivity contribution in [3.05, 3.63) is 22.4 Å². The van der Waals surface area contributed by atoms with Crippen LogP contribution in [0.1, 0.15) is 12.8 Å². The van der Waals surface area contributed by atoms with Crippen LogP contribution >= 0.6 is 15.9 Å². The van der Waals surface area contributed by atoms with Gasteiger partial charge in [0.25, 0.3) is 0 Å². The number of alkyl halides is 3. The first kappa shape index (κ1) is 14.1. The molecule has 0 bridgehead atoms. The van der Waals surface area contributed by atoms with Crippen LogP contribution in [0.15, 0.2) is 16.6 Å². The lowest BCUT2D eigenvalue weighted by molar-refractivity contribution is -0.148. The van der Waals surface area contributed by atoms with E-state index in [0.29, 0.717) is 4.90 Å². The lowest BCUT2D eigenvalue weighted by Crippen LogP contribution is -2.43. The van der Waals surface area contributed by atoms with E-state index in [2.05, 4.69) is 15.9 Å². The molecule has 1 amide bonds. The molecule has 0 radical (unpaired) electrons. The van der Waals surface area contributed by atoms with Crippen LogP contribution in [0.25, 0.3) is 0 Å². The van der Waals surface area contributed by atoms with Gasteiger partial charge in [0, 0.05) is 10.9 Å². The fourth-order valence-corrected chi connectivity index (χ4v) is 2.48. The van der Waals surface area contributed by atoms with E-state index >= 15 is 0 Å². The Labute approximate surface area is 114 Å². The van der Waals surface area contributed by atoms with Gasteiger partial charge in [-0.1, -0.05) is 15.9 Å². The van der Waals surface area contributed by atoms with E-state index < -0.39 is 29.6 Å². The summed E-state index contributed by atoms with van der Waals surface area (Å²) in [6, 6.07) is 0.276. The van der Waals surface area contributed by atoms with E-state index in [-0.39, 0.29) is 23.0 Å². The maximum Gasteiger partial charge on any atom is 0.409 e. The van der Waals surface area contributed by atoms with Crippen LogP contribution in [0.2, 0.25) is 0 Å². The van der Waals surface area contributed by atoms with Crippen molar-refractivity contribution in [1.82, 2.24) is 0 Å². The number of nitrogens with two attached hydrogens (primary N) is 1. The first-order valence-electron chi connectivity index (χ1n) is 5.35. The highest BCUT2D eigenvalue weighted by Crippen LogP contribution is 2.40. The van der Waals surface area contributed by atoms with Crippen LogP contribution in [0.3, 0.4) is 0 Å². The van der Waals surface area contributed by atoms with Crippen molar-refractivity contribution in [2.24, 2.45) is 0 Å². The molecule has 1 aromatic carbocycles. The minimum atomic E-state index is -4.57. The first-order valence-corrected chi connectivity index (χ1v) is 6.14. The summed E-state index contributed by atoms with van der Waals surface area (Å²) in [7, 11) is 0. The second kappa shape index (κ2) is 4.66. The number of halogens is 5. The van der Waals surface area contributed by atoms with Crippen LogP contribution in [0.5, 0.6) is 0 Å². The molecule has 2 N–H and O–H groups in total. The summed E-state index contributed by atoms with van der Waals surface area (Å²) in [5.74, 6) is -1.59. The number of hydrogen-bond acceptors (Lipinski definition) is 2. The second-order valence-corrected chi connectivity index (χ2v) is 5.10. The van der Waals surface area contributed by atoms with Gasteiger partial charge in [-0.2, -0.15) is 13.2 Å². The molecule has 1 aliphatic heterocycles. The Morgan fingerprint density at radius 2 is 2.00 bits per heavy atom. The molecule has 8 heteroatoms. The Hall–Kier alpha value is -1.31. The van der Waals surface area contributed by atoms with Gasteiger partial charge >= 0.3 is 6.18 Å². The molecule has 3 nitrogen and oxygen atoms in total. The third-order valence-electron chi connectivity index (χ3n) is 2.92. The van der Waals surface area contributed by atoms with E-state index in [1.807, 2.05) is 0 Å². The quantitative estimate of drug-likeness (QED) is 0.630. The number of anilines is 2. The van der Waals surface area contributed by atoms with Gasteiger partial charge in [-0.25, -0.2) is 4.39 Å². The van der Waals surface area contributed by atoms with E-state index in [0.717, 1.165) is 6.07 Å². The molecule has 19 heavy (non-hydrogen) atoms. The maximum atomic E-state index is 13.5.